The van der Waals surface area contributed by atoms with Crippen molar-refractivity contribution in [3.05, 3.63) is 72.6 Å². The van der Waals surface area contributed by atoms with Crippen LogP contribution in [0.4, 0.5) is 13.2 Å². The number of furan rings is 1. The molecule has 1 aliphatic rings. The topological polar surface area (TPSA) is 106 Å². The number of para-hydroxylation sites is 1. The van der Waals surface area contributed by atoms with Crippen LogP contribution >= 0.6 is 0 Å². The van der Waals surface area contributed by atoms with Crippen LogP contribution in [0.5, 0.6) is 0 Å². The van der Waals surface area contributed by atoms with Crippen molar-refractivity contribution < 1.29 is 30.8 Å². The van der Waals surface area contributed by atoms with Crippen molar-refractivity contribution in [2.45, 2.75) is 43.0 Å². The van der Waals surface area contributed by atoms with Crippen molar-refractivity contribution in [1.29, 1.82) is 0 Å². The number of hydrogen-bond donors (Lipinski definition) is 0. The zero-order chi connectivity index (χ0) is 26.2. The van der Waals surface area contributed by atoms with Gasteiger partial charge in [-0.15, -0.1) is 0 Å². The van der Waals surface area contributed by atoms with Gasteiger partial charge in [-0.25, -0.2) is 18.4 Å². The molecule has 0 aliphatic carbocycles. The summed E-state index contributed by atoms with van der Waals surface area (Å²) in [6.45, 7) is 0.220. The van der Waals surface area contributed by atoms with Crippen LogP contribution < -0.4 is 0 Å². The van der Waals surface area contributed by atoms with Crippen LogP contribution in [0.1, 0.15) is 30.8 Å². The maximum atomic E-state index is 13.3. The van der Waals surface area contributed by atoms with E-state index in [2.05, 4.69) is 15.0 Å². The average molecular weight is 531 g/mol. The lowest BCUT2D eigenvalue weighted by Crippen LogP contribution is -2.40. The molecule has 0 saturated carbocycles. The fourth-order valence-electron chi connectivity index (χ4n) is 4.39. The molecule has 1 fully saturated rings. The highest BCUT2D eigenvalue weighted by Gasteiger charge is 2.40. The monoisotopic (exact) mass is 530 g/mol. The summed E-state index contributed by atoms with van der Waals surface area (Å²) in [6, 6.07) is 10.9. The van der Waals surface area contributed by atoms with Gasteiger partial charge < -0.3 is 4.42 Å². The van der Waals surface area contributed by atoms with Crippen molar-refractivity contribution in [1.82, 2.24) is 19.3 Å². The minimum Gasteiger partial charge on any atom is -0.443 e. The summed E-state index contributed by atoms with van der Waals surface area (Å²) in [6.07, 6.45) is 0.278. The summed E-state index contributed by atoms with van der Waals surface area (Å²) >= 11 is 0. The first-order chi connectivity index (χ1) is 17.6. The molecule has 0 spiro atoms. The molecule has 0 amide bonds. The van der Waals surface area contributed by atoms with E-state index in [4.69, 9.17) is 4.42 Å². The summed E-state index contributed by atoms with van der Waals surface area (Å²) in [7, 11) is -4.00. The number of fused-ring (bicyclic) bond motifs is 1. The van der Waals surface area contributed by atoms with Gasteiger partial charge in [-0.2, -0.15) is 17.5 Å². The second-order valence-corrected chi connectivity index (χ2v) is 10.5. The molecule has 5 rings (SSSR count). The van der Waals surface area contributed by atoms with Crippen LogP contribution in [-0.4, -0.2) is 46.0 Å². The Morgan fingerprint density at radius 3 is 2.54 bits per heavy atom. The second kappa shape index (κ2) is 9.67. The number of pyridine rings is 1. The van der Waals surface area contributed by atoms with Crippen molar-refractivity contribution in [2.75, 3.05) is 6.54 Å². The fraction of sp³-hybridized carbons (Fsp3) is 0.280. The van der Waals surface area contributed by atoms with E-state index in [1.165, 1.54) is 16.6 Å². The number of alkyl halides is 3. The van der Waals surface area contributed by atoms with Crippen LogP contribution in [0.3, 0.4) is 0 Å². The number of nitrogens with zero attached hydrogens (tertiary/aromatic N) is 4. The summed E-state index contributed by atoms with van der Waals surface area (Å²) < 4.78 is 71.5. The molecule has 37 heavy (non-hydrogen) atoms. The lowest BCUT2D eigenvalue weighted by molar-refractivity contribution is -0.145. The first-order valence-corrected chi connectivity index (χ1v) is 12.9. The normalized spacial score (nSPS) is 16.9. The first kappa shape index (κ1) is 25.0. The number of rotatable bonds is 7. The molecule has 1 unspecified atom stereocenters. The van der Waals surface area contributed by atoms with Crippen LogP contribution in [0.15, 0.2) is 70.6 Å². The third-order valence-electron chi connectivity index (χ3n) is 6.22. The Labute approximate surface area is 210 Å². The predicted molar refractivity (Wildman–Crippen MR) is 127 cm³/mol. The predicted octanol–water partition coefficient (Wildman–Crippen LogP) is 4.66. The van der Waals surface area contributed by atoms with Crippen LogP contribution in [-0.2, 0) is 27.4 Å². The largest absolute Gasteiger partial charge is 0.451 e. The summed E-state index contributed by atoms with van der Waals surface area (Å²) in [5, 5.41) is 0.467. The molecule has 1 saturated heterocycles. The average Bonchev–Trinajstić information content (AvgIpc) is 3.55. The fourth-order valence-corrected chi connectivity index (χ4v) is 6.02. The highest BCUT2D eigenvalue weighted by atomic mass is 32.2. The summed E-state index contributed by atoms with van der Waals surface area (Å²) in [5.41, 5.74) is 1.92. The van der Waals surface area contributed by atoms with Crippen molar-refractivity contribution in [3.8, 4) is 11.1 Å². The van der Waals surface area contributed by atoms with E-state index in [0.29, 0.717) is 40.6 Å². The molecule has 1 atom stereocenters. The van der Waals surface area contributed by atoms with Crippen LogP contribution in [0, 0.1) is 0 Å². The standard InChI is InChI=1S/C25H21F3N4O4S/c26-25(27,28)24-30-14-18(15-31-24)16-9-10-29-19(12-16)7-8-21(33)20-5-3-11-32(20)37(34,35)23-13-17-4-1-2-6-22(17)36-23/h1-2,4,6,9-10,12-15,20H,3,5,7-8,11H2. The zero-order valence-electron chi connectivity index (χ0n) is 19.4. The molecule has 3 aromatic heterocycles. The first-order valence-electron chi connectivity index (χ1n) is 11.5. The summed E-state index contributed by atoms with van der Waals surface area (Å²) in [4.78, 5) is 24.1. The molecule has 0 radical (unpaired) electrons. The van der Waals surface area contributed by atoms with Gasteiger partial charge in [0.05, 0.1) is 6.04 Å². The Kier molecular flexibility index (Phi) is 6.54. The molecule has 1 aliphatic heterocycles. The molecular weight excluding hydrogens is 509 g/mol. The zero-order valence-corrected chi connectivity index (χ0v) is 20.2. The third-order valence-corrected chi connectivity index (χ3v) is 7.99. The lowest BCUT2D eigenvalue weighted by atomic mass is 10.0. The minimum absolute atomic E-state index is 0.0524. The van der Waals surface area contributed by atoms with Gasteiger partial charge in [0.2, 0.25) is 10.9 Å². The SMILES string of the molecule is O=C(CCc1cc(-c2cnc(C(F)(F)F)nc2)ccn1)C1CCCN1S(=O)(=O)c1cc2ccccc2o1. The Balaban J connectivity index is 1.28. The second-order valence-electron chi connectivity index (χ2n) is 8.67. The van der Waals surface area contributed by atoms with Gasteiger partial charge in [0.25, 0.3) is 10.0 Å². The van der Waals surface area contributed by atoms with E-state index in [1.807, 2.05) is 0 Å². The number of benzene rings is 1. The molecular formula is C25H21F3N4O4S. The highest BCUT2D eigenvalue weighted by molar-refractivity contribution is 7.89. The highest BCUT2D eigenvalue weighted by Crippen LogP contribution is 2.31. The van der Waals surface area contributed by atoms with Gasteiger partial charge in [-0.05, 0) is 43.0 Å². The molecule has 12 heteroatoms. The van der Waals surface area contributed by atoms with Gasteiger partial charge in [0, 0.05) is 54.3 Å². The Morgan fingerprint density at radius 2 is 1.81 bits per heavy atom. The van der Waals surface area contributed by atoms with Crippen LogP contribution in [0.25, 0.3) is 22.1 Å². The molecule has 0 N–H and O–H groups in total. The molecule has 4 heterocycles. The molecule has 1 aromatic carbocycles. The van der Waals surface area contributed by atoms with Crippen LogP contribution in [0.2, 0.25) is 0 Å². The van der Waals surface area contributed by atoms with Gasteiger partial charge in [-0.1, -0.05) is 18.2 Å². The van der Waals surface area contributed by atoms with Gasteiger partial charge in [0.15, 0.2) is 5.78 Å². The number of ketones is 1. The smallest absolute Gasteiger partial charge is 0.443 e. The molecule has 0 bridgehead atoms. The van der Waals surface area contributed by atoms with Crippen molar-refractivity contribution in [3.63, 3.8) is 0 Å². The Bertz CT molecular complexity index is 1520. The maximum absolute atomic E-state index is 13.3. The molecule has 4 aromatic rings. The third kappa shape index (κ3) is 5.12. The number of halogens is 3. The van der Waals surface area contributed by atoms with Crippen molar-refractivity contribution >= 4 is 26.8 Å². The maximum Gasteiger partial charge on any atom is 0.451 e. The number of hydrogen-bond acceptors (Lipinski definition) is 7. The number of carbonyl (C=O) groups is 1. The van der Waals surface area contributed by atoms with E-state index < -0.39 is 28.1 Å². The minimum atomic E-state index is -4.63. The number of sulfonamides is 1. The van der Waals surface area contributed by atoms with E-state index in [1.54, 1.807) is 36.4 Å². The number of Topliss-reactive ketones (excluding diaryl/α,β-unsaturated/α-hetero) is 1. The quantitative estimate of drug-likeness (QED) is 0.342. The van der Waals surface area contributed by atoms with E-state index in [9.17, 15) is 26.4 Å². The van der Waals surface area contributed by atoms with Gasteiger partial charge >= 0.3 is 6.18 Å². The summed E-state index contributed by atoms with van der Waals surface area (Å²) in [5.74, 6) is -1.46. The lowest BCUT2D eigenvalue weighted by Gasteiger charge is -2.21. The number of aromatic nitrogens is 3. The van der Waals surface area contributed by atoms with Gasteiger partial charge in [0.1, 0.15) is 5.58 Å². The Morgan fingerprint density at radius 1 is 1.05 bits per heavy atom. The molecule has 8 nitrogen and oxygen atoms in total. The number of carbonyl (C=O) groups excluding carboxylic acids is 1. The Hall–Kier alpha value is -3.64. The van der Waals surface area contributed by atoms with Crippen molar-refractivity contribution in [2.24, 2.45) is 0 Å². The van der Waals surface area contributed by atoms with Gasteiger partial charge in [-0.3, -0.25) is 9.78 Å². The van der Waals surface area contributed by atoms with E-state index in [0.717, 1.165) is 12.4 Å². The van der Waals surface area contributed by atoms with E-state index >= 15 is 0 Å². The number of aryl methyl sites for hydroxylation is 1. The van der Waals surface area contributed by atoms with E-state index in [-0.39, 0.29) is 30.3 Å². The molecule has 192 valence electrons.